The number of nitrogens with one attached hydrogen (secondary N) is 1. The normalized spacial score (nSPS) is 18.0. The molecule has 0 saturated carbocycles. The Morgan fingerprint density at radius 3 is 2.71 bits per heavy atom. The number of hydrogen-bond donors (Lipinski definition) is 1. The second-order valence-electron chi connectivity index (χ2n) is 6.10. The number of benzene rings is 2. The van der Waals surface area contributed by atoms with Gasteiger partial charge in [0.05, 0.1) is 12.8 Å². The van der Waals surface area contributed by atoms with Gasteiger partial charge in [0.15, 0.2) is 0 Å². The van der Waals surface area contributed by atoms with Crippen molar-refractivity contribution in [3.8, 4) is 5.75 Å². The molecule has 24 heavy (non-hydrogen) atoms. The van der Waals surface area contributed by atoms with E-state index >= 15 is 0 Å². The lowest BCUT2D eigenvalue weighted by molar-refractivity contribution is 0.402. The Hall–Kier alpha value is -2.05. The summed E-state index contributed by atoms with van der Waals surface area (Å²) >= 11 is 0. The van der Waals surface area contributed by atoms with Gasteiger partial charge in [-0.2, -0.15) is 0 Å². The third kappa shape index (κ3) is 2.99. The van der Waals surface area contributed by atoms with E-state index < -0.39 is 10.0 Å². The topological polar surface area (TPSA) is 58.6 Å². The largest absolute Gasteiger partial charge is 0.495 e. The number of rotatable bonds is 3. The molecule has 1 aliphatic rings. The number of aryl methyl sites for hydroxylation is 1. The Kier molecular flexibility index (Phi) is 4.51. The molecule has 0 fully saturated rings. The number of ether oxygens (including phenoxy) is 1. The Morgan fingerprint density at radius 1 is 1.21 bits per heavy atom. The molecule has 1 aliphatic heterocycles. The summed E-state index contributed by atoms with van der Waals surface area (Å²) in [5.74, 6) is 0.364. The zero-order valence-corrected chi connectivity index (χ0v) is 14.9. The number of fused-ring (bicyclic) bond motifs is 1. The molecular formula is C18H22N2O3S. The average Bonchev–Trinajstić information content (AvgIpc) is 2.75. The number of para-hydroxylation sites is 1. The molecule has 0 aliphatic carbocycles. The number of methoxy groups -OCH3 is 1. The second kappa shape index (κ2) is 6.45. The maximum atomic E-state index is 13.4. The Balaban J connectivity index is 2.17. The molecule has 5 nitrogen and oxygen atoms in total. The third-order valence-corrected chi connectivity index (χ3v) is 6.03. The Labute approximate surface area is 143 Å². The van der Waals surface area contributed by atoms with Crippen molar-refractivity contribution in [2.75, 3.05) is 18.0 Å². The van der Waals surface area contributed by atoms with Crippen LogP contribution in [0.2, 0.25) is 0 Å². The van der Waals surface area contributed by atoms with Crippen molar-refractivity contribution in [1.29, 1.82) is 0 Å². The van der Waals surface area contributed by atoms with E-state index in [0.717, 1.165) is 16.8 Å². The highest BCUT2D eigenvalue weighted by atomic mass is 32.2. The smallest absolute Gasteiger partial charge is 0.268 e. The molecule has 0 saturated heterocycles. The predicted octanol–water partition coefficient (Wildman–Crippen LogP) is 2.69. The molecule has 0 aromatic heterocycles. The first kappa shape index (κ1) is 16.8. The molecule has 0 spiro atoms. The molecule has 1 N–H and O–H groups in total. The molecule has 1 atom stereocenters. The van der Waals surface area contributed by atoms with E-state index in [1.165, 1.54) is 11.4 Å². The van der Waals surface area contributed by atoms with Crippen LogP contribution in [0.5, 0.6) is 5.75 Å². The van der Waals surface area contributed by atoms with Crippen LogP contribution in [0, 0.1) is 6.92 Å². The van der Waals surface area contributed by atoms with Crippen molar-refractivity contribution < 1.29 is 13.2 Å². The van der Waals surface area contributed by atoms with Crippen molar-refractivity contribution >= 4 is 15.7 Å². The number of hydrogen-bond acceptors (Lipinski definition) is 4. The highest BCUT2D eigenvalue weighted by Gasteiger charge is 2.32. The van der Waals surface area contributed by atoms with E-state index in [0.29, 0.717) is 18.8 Å². The minimum Gasteiger partial charge on any atom is -0.495 e. The molecule has 3 rings (SSSR count). The first-order valence-corrected chi connectivity index (χ1v) is 9.36. The second-order valence-corrected chi connectivity index (χ2v) is 7.93. The summed E-state index contributed by atoms with van der Waals surface area (Å²) in [6, 6.07) is 12.9. The van der Waals surface area contributed by atoms with Gasteiger partial charge in [0, 0.05) is 19.1 Å². The summed E-state index contributed by atoms with van der Waals surface area (Å²) in [4.78, 5) is 0.203. The van der Waals surface area contributed by atoms with E-state index in [4.69, 9.17) is 4.74 Å². The van der Waals surface area contributed by atoms with Crippen LogP contribution in [-0.2, 0) is 16.6 Å². The van der Waals surface area contributed by atoms with Gasteiger partial charge in [0.2, 0.25) is 0 Å². The molecule has 2 aromatic carbocycles. The van der Waals surface area contributed by atoms with Gasteiger partial charge in [-0.05, 0) is 43.2 Å². The quantitative estimate of drug-likeness (QED) is 0.928. The molecule has 0 amide bonds. The number of anilines is 1. The van der Waals surface area contributed by atoms with Gasteiger partial charge >= 0.3 is 0 Å². The van der Waals surface area contributed by atoms with Crippen LogP contribution in [-0.4, -0.2) is 28.1 Å². The number of sulfonamides is 1. The Bertz CT molecular complexity index is 849. The molecule has 1 heterocycles. The lowest BCUT2D eigenvalue weighted by atomic mass is 10.2. The summed E-state index contributed by atoms with van der Waals surface area (Å²) in [5, 5.41) is 3.36. The molecule has 1 unspecified atom stereocenters. The first-order valence-electron chi connectivity index (χ1n) is 7.92. The van der Waals surface area contributed by atoms with Gasteiger partial charge in [-0.25, -0.2) is 8.42 Å². The summed E-state index contributed by atoms with van der Waals surface area (Å²) in [6.45, 7) is 4.88. The van der Waals surface area contributed by atoms with Crippen LogP contribution in [0.3, 0.4) is 0 Å². The number of nitrogens with zero attached hydrogens (tertiary/aromatic N) is 1. The van der Waals surface area contributed by atoms with E-state index in [1.54, 1.807) is 12.1 Å². The maximum absolute atomic E-state index is 13.4. The highest BCUT2D eigenvalue weighted by Crippen LogP contribution is 2.33. The van der Waals surface area contributed by atoms with Crippen molar-refractivity contribution in [2.45, 2.75) is 31.3 Å². The van der Waals surface area contributed by atoms with Crippen molar-refractivity contribution in [1.82, 2.24) is 5.32 Å². The van der Waals surface area contributed by atoms with Crippen LogP contribution < -0.4 is 14.4 Å². The summed E-state index contributed by atoms with van der Waals surface area (Å²) in [7, 11) is -2.24. The van der Waals surface area contributed by atoms with Crippen LogP contribution in [0.1, 0.15) is 18.1 Å². The lowest BCUT2D eigenvalue weighted by Crippen LogP contribution is -2.39. The van der Waals surface area contributed by atoms with Crippen LogP contribution in [0.4, 0.5) is 5.69 Å². The van der Waals surface area contributed by atoms with Gasteiger partial charge in [-0.1, -0.05) is 24.3 Å². The van der Waals surface area contributed by atoms with Crippen LogP contribution in [0.15, 0.2) is 47.4 Å². The van der Waals surface area contributed by atoms with Gasteiger partial charge in [-0.15, -0.1) is 0 Å². The summed E-state index contributed by atoms with van der Waals surface area (Å²) < 4.78 is 33.6. The molecule has 2 aromatic rings. The summed E-state index contributed by atoms with van der Waals surface area (Å²) in [5.41, 5.74) is 2.57. The SMILES string of the molecule is COc1ccc(C)cc1S(=O)(=O)N1CC(C)NCc2ccccc21. The minimum atomic E-state index is -3.73. The van der Waals surface area contributed by atoms with Crippen molar-refractivity contribution in [3.05, 3.63) is 53.6 Å². The average molecular weight is 346 g/mol. The third-order valence-electron chi connectivity index (χ3n) is 4.23. The molecule has 0 bridgehead atoms. The molecular weight excluding hydrogens is 324 g/mol. The summed E-state index contributed by atoms with van der Waals surface area (Å²) in [6.07, 6.45) is 0. The van der Waals surface area contributed by atoms with E-state index in [9.17, 15) is 8.42 Å². The van der Waals surface area contributed by atoms with Gasteiger partial charge < -0.3 is 10.1 Å². The van der Waals surface area contributed by atoms with Gasteiger partial charge in [0.1, 0.15) is 10.6 Å². The van der Waals surface area contributed by atoms with Crippen molar-refractivity contribution in [3.63, 3.8) is 0 Å². The van der Waals surface area contributed by atoms with E-state index in [-0.39, 0.29) is 10.9 Å². The minimum absolute atomic E-state index is 0.0444. The first-order chi connectivity index (χ1) is 11.4. The fourth-order valence-corrected chi connectivity index (χ4v) is 4.77. The van der Waals surface area contributed by atoms with Crippen LogP contribution >= 0.6 is 0 Å². The standard InChI is InChI=1S/C18H22N2O3S/c1-13-8-9-17(23-3)18(10-13)24(21,22)20-12-14(2)19-11-15-6-4-5-7-16(15)20/h4-10,14,19H,11-12H2,1-3H3. The van der Waals surface area contributed by atoms with E-state index in [2.05, 4.69) is 5.32 Å². The monoisotopic (exact) mass is 346 g/mol. The van der Waals surface area contributed by atoms with Crippen LogP contribution in [0.25, 0.3) is 0 Å². The van der Waals surface area contributed by atoms with Crippen molar-refractivity contribution in [2.24, 2.45) is 0 Å². The predicted molar refractivity (Wildman–Crippen MR) is 95.0 cm³/mol. The zero-order valence-electron chi connectivity index (χ0n) is 14.1. The molecule has 6 heteroatoms. The molecule has 0 radical (unpaired) electrons. The Morgan fingerprint density at radius 2 is 1.96 bits per heavy atom. The van der Waals surface area contributed by atoms with Gasteiger partial charge in [0.25, 0.3) is 10.0 Å². The fourth-order valence-electron chi connectivity index (χ4n) is 2.93. The van der Waals surface area contributed by atoms with E-state index in [1.807, 2.05) is 44.2 Å². The fraction of sp³-hybridized carbons (Fsp3) is 0.333. The maximum Gasteiger partial charge on any atom is 0.268 e. The molecule has 128 valence electrons. The highest BCUT2D eigenvalue weighted by molar-refractivity contribution is 7.93. The van der Waals surface area contributed by atoms with Gasteiger partial charge in [-0.3, -0.25) is 4.31 Å². The zero-order chi connectivity index (χ0) is 17.3. The lowest BCUT2D eigenvalue weighted by Gasteiger charge is -2.26.